The third-order valence-corrected chi connectivity index (χ3v) is 6.82. The molecule has 1 nitrogen and oxygen atoms in total. The van der Waals surface area contributed by atoms with Crippen LogP contribution in [0.2, 0.25) is 0 Å². The summed E-state index contributed by atoms with van der Waals surface area (Å²) in [5, 5.41) is 8.64. The first kappa shape index (κ1) is 19.0. The van der Waals surface area contributed by atoms with Gasteiger partial charge in [0.1, 0.15) is 0 Å². The first-order chi connectivity index (χ1) is 16.9. The molecule has 0 bridgehead atoms. The number of fused-ring (bicyclic) bond motifs is 4. The van der Waals surface area contributed by atoms with Crippen molar-refractivity contribution in [3.8, 4) is 22.4 Å². The minimum Gasteiger partial charge on any atom is -0.248 e. The van der Waals surface area contributed by atoms with Gasteiger partial charge in [-0.1, -0.05) is 109 Å². The van der Waals surface area contributed by atoms with Crippen LogP contribution in [-0.2, 0) is 0 Å². The molecule has 1 heteroatoms. The molecule has 0 saturated carbocycles. The normalized spacial score (nSPS) is 11.5. The van der Waals surface area contributed by atoms with Gasteiger partial charge in [-0.05, 0) is 61.6 Å². The van der Waals surface area contributed by atoms with E-state index < -0.39 is 0 Å². The minimum atomic E-state index is 1.01. The quantitative estimate of drug-likeness (QED) is 0.249. The fraction of sp³-hybridized carbons (Fsp3) is 0. The summed E-state index contributed by atoms with van der Waals surface area (Å²) in [4.78, 5) is 5.09. The molecule has 0 aliphatic heterocycles. The summed E-state index contributed by atoms with van der Waals surface area (Å²) in [5.41, 5.74) is 5.75. The van der Waals surface area contributed by atoms with Gasteiger partial charge < -0.3 is 0 Å². The maximum atomic E-state index is 5.09. The second-order valence-corrected chi connectivity index (χ2v) is 8.79. The lowest BCUT2D eigenvalue weighted by Gasteiger charge is -2.17. The molecule has 0 aliphatic carbocycles. The highest BCUT2D eigenvalue weighted by Gasteiger charge is 2.17. The topological polar surface area (TPSA) is 12.9 Å². The fourth-order valence-electron chi connectivity index (χ4n) is 5.27. The third-order valence-electron chi connectivity index (χ3n) is 6.82. The fourth-order valence-corrected chi connectivity index (χ4v) is 5.27. The lowest BCUT2D eigenvalue weighted by molar-refractivity contribution is 1.42. The summed E-state index contributed by atoms with van der Waals surface area (Å²) >= 11 is 0. The van der Waals surface area contributed by atoms with Crippen molar-refractivity contribution in [2.24, 2.45) is 0 Å². The summed E-state index contributed by atoms with van der Waals surface area (Å²) in [6.07, 6.45) is 0. The molecule has 0 fully saturated rings. The van der Waals surface area contributed by atoms with Crippen molar-refractivity contribution in [2.75, 3.05) is 0 Å². The Bertz CT molecular complexity index is 1670. The van der Waals surface area contributed by atoms with Gasteiger partial charge in [-0.25, -0.2) is 4.98 Å². The average molecular weight is 432 g/mol. The van der Waals surface area contributed by atoms with Crippen LogP contribution in [0.25, 0.3) is 65.6 Å². The van der Waals surface area contributed by atoms with Crippen molar-refractivity contribution in [3.63, 3.8) is 0 Å². The number of aromatic nitrogens is 1. The van der Waals surface area contributed by atoms with Crippen LogP contribution < -0.4 is 0 Å². The molecule has 1 heterocycles. The van der Waals surface area contributed by atoms with E-state index in [1.807, 2.05) is 0 Å². The van der Waals surface area contributed by atoms with Crippen LogP contribution in [0, 0.1) is 0 Å². The van der Waals surface area contributed by atoms with Gasteiger partial charge in [-0.2, -0.15) is 0 Å². The Kier molecular flexibility index (Phi) is 4.22. The predicted molar refractivity (Wildman–Crippen MR) is 145 cm³/mol. The summed E-state index contributed by atoms with van der Waals surface area (Å²) in [6, 6.07) is 45.5. The third kappa shape index (κ3) is 2.91. The zero-order valence-corrected chi connectivity index (χ0v) is 18.6. The molecule has 7 aromatic rings. The smallest absolute Gasteiger partial charge is 0.0722 e. The molecule has 0 unspecified atom stereocenters. The number of nitrogens with zero attached hydrogens (tertiary/aromatic N) is 1. The van der Waals surface area contributed by atoms with Gasteiger partial charge >= 0.3 is 0 Å². The first-order valence-electron chi connectivity index (χ1n) is 11.7. The van der Waals surface area contributed by atoms with Crippen LogP contribution in [0.4, 0.5) is 0 Å². The molecule has 0 spiro atoms. The van der Waals surface area contributed by atoms with E-state index in [2.05, 4.69) is 127 Å². The summed E-state index contributed by atoms with van der Waals surface area (Å²) in [7, 11) is 0. The number of pyridine rings is 1. The van der Waals surface area contributed by atoms with Gasteiger partial charge in [0.05, 0.1) is 11.2 Å². The standard InChI is InChI=1S/C33H21N/c1-2-11-24-21-25(18-17-22(24)9-1)32-26-12-4-6-14-28(26)33(29-15-7-5-13-27(29)32)31-20-19-23-10-3-8-16-30(23)34-31/h1-21H. The van der Waals surface area contributed by atoms with Crippen molar-refractivity contribution in [2.45, 2.75) is 0 Å². The SMILES string of the molecule is c1ccc2cc(-c3c4ccccc4c(-c4ccc5ccccc5n4)c4ccccc34)ccc2c1. The highest BCUT2D eigenvalue weighted by Crippen LogP contribution is 2.43. The molecular formula is C33H21N. The van der Waals surface area contributed by atoms with Gasteiger partial charge in [-0.3, -0.25) is 0 Å². The van der Waals surface area contributed by atoms with Crippen LogP contribution in [0.1, 0.15) is 0 Å². The lowest BCUT2D eigenvalue weighted by atomic mass is 9.86. The monoisotopic (exact) mass is 431 g/mol. The van der Waals surface area contributed by atoms with E-state index in [0.717, 1.165) is 16.6 Å². The van der Waals surface area contributed by atoms with Crippen LogP contribution in [0.3, 0.4) is 0 Å². The van der Waals surface area contributed by atoms with Gasteiger partial charge in [0.15, 0.2) is 0 Å². The largest absolute Gasteiger partial charge is 0.248 e. The van der Waals surface area contributed by atoms with Crippen molar-refractivity contribution in [1.29, 1.82) is 0 Å². The Labute approximate surface area is 197 Å². The molecule has 6 aromatic carbocycles. The van der Waals surface area contributed by atoms with Crippen molar-refractivity contribution in [3.05, 3.63) is 127 Å². The lowest BCUT2D eigenvalue weighted by Crippen LogP contribution is -1.92. The molecule has 0 N–H and O–H groups in total. The van der Waals surface area contributed by atoms with E-state index in [0.29, 0.717) is 0 Å². The molecular weight excluding hydrogens is 410 g/mol. The Morgan fingerprint density at radius 3 is 1.62 bits per heavy atom. The maximum Gasteiger partial charge on any atom is 0.0722 e. The van der Waals surface area contributed by atoms with Crippen molar-refractivity contribution >= 4 is 43.2 Å². The first-order valence-corrected chi connectivity index (χ1v) is 11.7. The number of hydrogen-bond acceptors (Lipinski definition) is 1. The highest BCUT2D eigenvalue weighted by molar-refractivity contribution is 6.21. The van der Waals surface area contributed by atoms with Crippen LogP contribution in [0.5, 0.6) is 0 Å². The molecule has 0 radical (unpaired) electrons. The van der Waals surface area contributed by atoms with Crippen LogP contribution >= 0.6 is 0 Å². The second kappa shape index (κ2) is 7.54. The predicted octanol–water partition coefficient (Wildman–Crippen LogP) is 9.03. The van der Waals surface area contributed by atoms with E-state index in [4.69, 9.17) is 4.98 Å². The van der Waals surface area contributed by atoms with E-state index in [-0.39, 0.29) is 0 Å². The van der Waals surface area contributed by atoms with Crippen molar-refractivity contribution < 1.29 is 0 Å². The minimum absolute atomic E-state index is 1.01. The highest BCUT2D eigenvalue weighted by atomic mass is 14.7. The van der Waals surface area contributed by atoms with Gasteiger partial charge in [0.25, 0.3) is 0 Å². The number of rotatable bonds is 2. The summed E-state index contributed by atoms with van der Waals surface area (Å²) in [6.45, 7) is 0. The van der Waals surface area contributed by atoms with Gasteiger partial charge in [0, 0.05) is 10.9 Å². The zero-order chi connectivity index (χ0) is 22.5. The Morgan fingerprint density at radius 1 is 0.382 bits per heavy atom. The molecule has 7 rings (SSSR count). The van der Waals surface area contributed by atoms with E-state index in [1.54, 1.807) is 0 Å². The molecule has 0 atom stereocenters. The van der Waals surface area contributed by atoms with Gasteiger partial charge in [0.2, 0.25) is 0 Å². The van der Waals surface area contributed by atoms with Crippen molar-refractivity contribution in [1.82, 2.24) is 4.98 Å². The Morgan fingerprint density at radius 2 is 0.912 bits per heavy atom. The molecule has 34 heavy (non-hydrogen) atoms. The van der Waals surface area contributed by atoms with E-state index in [1.165, 1.54) is 49.0 Å². The summed E-state index contributed by atoms with van der Waals surface area (Å²) in [5.74, 6) is 0. The Balaban J connectivity index is 1.61. The number of hydrogen-bond donors (Lipinski definition) is 0. The molecule has 0 amide bonds. The summed E-state index contributed by atoms with van der Waals surface area (Å²) < 4.78 is 0. The number of para-hydroxylation sites is 1. The second-order valence-electron chi connectivity index (χ2n) is 8.79. The van der Waals surface area contributed by atoms with Crippen LogP contribution in [-0.4, -0.2) is 4.98 Å². The zero-order valence-electron chi connectivity index (χ0n) is 18.6. The van der Waals surface area contributed by atoms with E-state index in [9.17, 15) is 0 Å². The average Bonchev–Trinajstić information content (AvgIpc) is 2.91. The molecule has 0 saturated heterocycles. The molecule has 0 aliphatic rings. The Hall–Kier alpha value is -4.49. The molecule has 1 aromatic heterocycles. The van der Waals surface area contributed by atoms with Crippen LogP contribution in [0.15, 0.2) is 127 Å². The van der Waals surface area contributed by atoms with Gasteiger partial charge in [-0.15, -0.1) is 0 Å². The molecule has 158 valence electrons. The number of benzene rings is 6. The maximum absolute atomic E-state index is 5.09. The van der Waals surface area contributed by atoms with E-state index >= 15 is 0 Å².